The van der Waals surface area contributed by atoms with Gasteiger partial charge in [0.1, 0.15) is 0 Å². The molecule has 1 spiro atoms. The summed E-state index contributed by atoms with van der Waals surface area (Å²) >= 11 is 0. The molecule has 30 heavy (non-hydrogen) atoms. The summed E-state index contributed by atoms with van der Waals surface area (Å²) in [5.41, 5.74) is 9.38. The van der Waals surface area contributed by atoms with Crippen molar-refractivity contribution in [3.63, 3.8) is 0 Å². The molecule has 2 aromatic rings. The van der Waals surface area contributed by atoms with Crippen molar-refractivity contribution in [2.24, 2.45) is 5.92 Å². The van der Waals surface area contributed by atoms with Crippen molar-refractivity contribution in [3.05, 3.63) is 41.2 Å². The molecule has 1 saturated carbocycles. The number of anilines is 3. The van der Waals surface area contributed by atoms with E-state index in [0.717, 1.165) is 48.2 Å². The van der Waals surface area contributed by atoms with E-state index in [1.54, 1.807) is 11.1 Å². The first-order valence-corrected chi connectivity index (χ1v) is 10.4. The molecule has 1 aromatic carbocycles. The van der Waals surface area contributed by atoms with Crippen molar-refractivity contribution in [2.45, 2.75) is 44.6 Å². The highest BCUT2D eigenvalue weighted by Gasteiger charge is 2.58. The SMILES string of the molecule is Cc1ccc(NC(=O)C2CCOCC2)cc1N1Cc2cnc(N)nc2C2(CC2)C1=O. The molecule has 156 valence electrons. The number of benzene rings is 1. The van der Waals surface area contributed by atoms with Gasteiger partial charge in [0, 0.05) is 42.3 Å². The average Bonchev–Trinajstić information content (AvgIpc) is 3.55. The van der Waals surface area contributed by atoms with Gasteiger partial charge in [-0.25, -0.2) is 9.97 Å². The maximum absolute atomic E-state index is 13.4. The smallest absolute Gasteiger partial charge is 0.239 e. The van der Waals surface area contributed by atoms with Gasteiger partial charge in [0.05, 0.1) is 17.7 Å². The van der Waals surface area contributed by atoms with Crippen LogP contribution < -0.4 is 16.0 Å². The van der Waals surface area contributed by atoms with Crippen molar-refractivity contribution in [1.82, 2.24) is 9.97 Å². The molecule has 5 rings (SSSR count). The number of carbonyl (C=O) groups excluding carboxylic acids is 2. The number of rotatable bonds is 3. The van der Waals surface area contributed by atoms with Crippen LogP contribution >= 0.6 is 0 Å². The van der Waals surface area contributed by atoms with Crippen molar-refractivity contribution in [2.75, 3.05) is 29.2 Å². The highest BCUT2D eigenvalue weighted by atomic mass is 16.5. The van der Waals surface area contributed by atoms with Crippen molar-refractivity contribution < 1.29 is 14.3 Å². The number of nitrogens with two attached hydrogens (primary N) is 1. The van der Waals surface area contributed by atoms with Gasteiger partial charge in [0.15, 0.2) is 0 Å². The minimum absolute atomic E-state index is 0.00552. The van der Waals surface area contributed by atoms with E-state index >= 15 is 0 Å². The van der Waals surface area contributed by atoms with E-state index in [2.05, 4.69) is 15.3 Å². The van der Waals surface area contributed by atoms with E-state index in [1.165, 1.54) is 0 Å². The van der Waals surface area contributed by atoms with Gasteiger partial charge in [-0.1, -0.05) is 6.07 Å². The molecule has 2 fully saturated rings. The summed E-state index contributed by atoms with van der Waals surface area (Å²) in [5.74, 6) is 0.217. The lowest BCUT2D eigenvalue weighted by Gasteiger charge is -2.34. The number of nitrogens with one attached hydrogen (secondary N) is 1. The third-order valence-corrected chi connectivity index (χ3v) is 6.43. The van der Waals surface area contributed by atoms with Crippen LogP contribution in [0, 0.1) is 12.8 Å². The maximum atomic E-state index is 13.4. The molecule has 3 N–H and O–H groups in total. The second-order valence-electron chi connectivity index (χ2n) is 8.45. The van der Waals surface area contributed by atoms with Crippen LogP contribution in [-0.2, 0) is 26.3 Å². The first-order chi connectivity index (χ1) is 14.5. The fraction of sp³-hybridized carbons (Fsp3) is 0.455. The lowest BCUT2D eigenvalue weighted by atomic mass is 9.91. The minimum Gasteiger partial charge on any atom is -0.381 e. The van der Waals surface area contributed by atoms with Crippen LogP contribution in [0.4, 0.5) is 17.3 Å². The van der Waals surface area contributed by atoms with Gasteiger partial charge in [-0.05, 0) is 50.3 Å². The Kier molecular flexibility index (Phi) is 4.47. The number of hydrogen-bond acceptors (Lipinski definition) is 6. The van der Waals surface area contributed by atoms with Crippen LogP contribution in [0.2, 0.25) is 0 Å². The molecule has 8 heteroatoms. The first kappa shape index (κ1) is 19.0. The normalized spacial score (nSPS) is 20.2. The largest absolute Gasteiger partial charge is 0.381 e. The number of nitrogens with zero attached hydrogens (tertiary/aromatic N) is 3. The summed E-state index contributed by atoms with van der Waals surface area (Å²) in [4.78, 5) is 36.4. The number of hydrogen-bond donors (Lipinski definition) is 2. The van der Waals surface area contributed by atoms with E-state index in [0.29, 0.717) is 25.4 Å². The number of aryl methyl sites for hydroxylation is 1. The predicted octanol–water partition coefficient (Wildman–Crippen LogP) is 2.31. The molecule has 0 bridgehead atoms. The monoisotopic (exact) mass is 407 g/mol. The minimum atomic E-state index is -0.585. The molecular weight excluding hydrogens is 382 g/mol. The zero-order chi connectivity index (χ0) is 20.9. The van der Waals surface area contributed by atoms with Crippen molar-refractivity contribution in [3.8, 4) is 0 Å². The Morgan fingerprint density at radius 1 is 1.30 bits per heavy atom. The van der Waals surface area contributed by atoms with Crippen LogP contribution in [0.3, 0.4) is 0 Å². The second kappa shape index (κ2) is 7.05. The highest BCUT2D eigenvalue weighted by Crippen LogP contribution is 2.53. The van der Waals surface area contributed by atoms with Crippen LogP contribution in [0.1, 0.15) is 42.5 Å². The quantitative estimate of drug-likeness (QED) is 0.808. The summed E-state index contributed by atoms with van der Waals surface area (Å²) in [7, 11) is 0. The zero-order valence-electron chi connectivity index (χ0n) is 17.0. The number of aromatic nitrogens is 2. The average molecular weight is 407 g/mol. The maximum Gasteiger partial charge on any atom is 0.239 e. The van der Waals surface area contributed by atoms with Gasteiger partial charge in [-0.2, -0.15) is 0 Å². The van der Waals surface area contributed by atoms with E-state index < -0.39 is 5.41 Å². The number of ether oxygens (including phenoxy) is 1. The molecule has 0 radical (unpaired) electrons. The lowest BCUT2D eigenvalue weighted by Crippen LogP contribution is -2.45. The Morgan fingerprint density at radius 3 is 2.80 bits per heavy atom. The molecule has 3 heterocycles. The van der Waals surface area contributed by atoms with Gasteiger partial charge in [0.25, 0.3) is 0 Å². The third kappa shape index (κ3) is 3.11. The molecule has 0 unspecified atom stereocenters. The Labute approximate surface area is 174 Å². The highest BCUT2D eigenvalue weighted by molar-refractivity contribution is 6.05. The van der Waals surface area contributed by atoms with E-state index in [4.69, 9.17) is 10.5 Å². The number of fused-ring (bicyclic) bond motifs is 2. The van der Waals surface area contributed by atoms with Crippen LogP contribution in [0.25, 0.3) is 0 Å². The van der Waals surface area contributed by atoms with E-state index in [1.807, 2.05) is 25.1 Å². The number of nitrogen functional groups attached to an aromatic ring is 1. The third-order valence-electron chi connectivity index (χ3n) is 6.43. The molecule has 8 nitrogen and oxygen atoms in total. The summed E-state index contributed by atoms with van der Waals surface area (Å²) in [6.07, 6.45) is 4.73. The zero-order valence-corrected chi connectivity index (χ0v) is 17.0. The van der Waals surface area contributed by atoms with Crippen LogP contribution in [-0.4, -0.2) is 35.0 Å². The summed E-state index contributed by atoms with van der Waals surface area (Å²) in [5, 5.41) is 3.02. The van der Waals surface area contributed by atoms with E-state index in [9.17, 15) is 9.59 Å². The molecule has 3 aliphatic rings. The summed E-state index contributed by atoms with van der Waals surface area (Å²) in [6.45, 7) is 3.61. The predicted molar refractivity (Wildman–Crippen MR) is 112 cm³/mol. The molecular formula is C22H25N5O3. The fourth-order valence-electron chi connectivity index (χ4n) is 4.50. The number of amides is 2. The molecule has 2 amide bonds. The van der Waals surface area contributed by atoms with Gasteiger partial charge in [-0.3, -0.25) is 9.59 Å². The Morgan fingerprint density at radius 2 is 2.07 bits per heavy atom. The Hall–Kier alpha value is -3.00. The first-order valence-electron chi connectivity index (χ1n) is 10.4. The standard InChI is InChI=1S/C22H25N5O3/c1-13-2-3-16(25-19(28)14-4-8-30-9-5-14)10-17(13)27-12-15-11-24-21(23)26-18(15)22(6-7-22)20(27)29/h2-3,10-11,14H,4-9,12H2,1H3,(H,25,28)(H2,23,24,26). The van der Waals surface area contributed by atoms with Crippen molar-refractivity contribution >= 4 is 29.1 Å². The van der Waals surface area contributed by atoms with Crippen molar-refractivity contribution in [1.29, 1.82) is 0 Å². The van der Waals surface area contributed by atoms with Gasteiger partial charge in [0.2, 0.25) is 17.8 Å². The van der Waals surface area contributed by atoms with Gasteiger partial charge in [-0.15, -0.1) is 0 Å². The van der Waals surface area contributed by atoms with Crippen LogP contribution in [0.15, 0.2) is 24.4 Å². The molecule has 1 saturated heterocycles. The van der Waals surface area contributed by atoms with Gasteiger partial charge < -0.3 is 20.7 Å². The van der Waals surface area contributed by atoms with E-state index in [-0.39, 0.29) is 23.7 Å². The van der Waals surface area contributed by atoms with Gasteiger partial charge >= 0.3 is 0 Å². The molecule has 1 aliphatic carbocycles. The Balaban J connectivity index is 1.44. The number of carbonyl (C=O) groups is 2. The molecule has 2 aliphatic heterocycles. The summed E-state index contributed by atoms with van der Waals surface area (Å²) < 4.78 is 5.35. The summed E-state index contributed by atoms with van der Waals surface area (Å²) in [6, 6.07) is 5.72. The topological polar surface area (TPSA) is 110 Å². The fourth-order valence-corrected chi connectivity index (χ4v) is 4.50. The lowest BCUT2D eigenvalue weighted by molar-refractivity contribution is -0.123. The second-order valence-corrected chi connectivity index (χ2v) is 8.45. The molecule has 0 atom stereocenters. The van der Waals surface area contributed by atoms with Crippen LogP contribution in [0.5, 0.6) is 0 Å². The molecule has 1 aromatic heterocycles. The Bertz CT molecular complexity index is 1030.